The third-order valence-corrected chi connectivity index (χ3v) is 3.84. The highest BCUT2D eigenvalue weighted by molar-refractivity contribution is 6.33. The van der Waals surface area contributed by atoms with E-state index in [1.807, 2.05) is 13.0 Å². The van der Waals surface area contributed by atoms with Crippen LogP contribution in [0.1, 0.15) is 29.3 Å². The number of hydrogen-bond donors (Lipinski definition) is 0. The number of likely N-dealkylation sites (tertiary alicyclic amines) is 1. The highest BCUT2D eigenvalue weighted by Crippen LogP contribution is 2.20. The standard InChI is InChI=1S/C15H18ClNO3/c1-10-3-4-13(14(16)7-10)15(19)20-9-12-5-6-17(8-12)11(2)18/h3-4,7,12H,5-6,8-9H2,1-2H3/t12-/m0/s1. The van der Waals surface area contributed by atoms with Crippen molar-refractivity contribution >= 4 is 23.5 Å². The summed E-state index contributed by atoms with van der Waals surface area (Å²) < 4.78 is 5.30. The van der Waals surface area contributed by atoms with Gasteiger partial charge in [-0.15, -0.1) is 0 Å². The van der Waals surface area contributed by atoms with Crippen molar-refractivity contribution in [3.05, 3.63) is 34.3 Å². The van der Waals surface area contributed by atoms with Crippen LogP contribution in [-0.2, 0) is 9.53 Å². The molecule has 1 aromatic carbocycles. The second-order valence-electron chi connectivity index (χ2n) is 5.20. The van der Waals surface area contributed by atoms with Gasteiger partial charge in [-0.1, -0.05) is 17.7 Å². The minimum absolute atomic E-state index is 0.0698. The largest absolute Gasteiger partial charge is 0.462 e. The normalized spacial score (nSPS) is 18.1. The average molecular weight is 296 g/mol. The van der Waals surface area contributed by atoms with E-state index in [0.717, 1.165) is 18.5 Å². The highest BCUT2D eigenvalue weighted by atomic mass is 35.5. The van der Waals surface area contributed by atoms with Crippen molar-refractivity contribution < 1.29 is 14.3 Å². The average Bonchev–Trinajstić information content (AvgIpc) is 2.85. The van der Waals surface area contributed by atoms with E-state index >= 15 is 0 Å². The van der Waals surface area contributed by atoms with Crippen molar-refractivity contribution in [2.75, 3.05) is 19.7 Å². The van der Waals surface area contributed by atoms with Crippen LogP contribution in [0, 0.1) is 12.8 Å². The molecule has 0 spiro atoms. The molecule has 0 aliphatic carbocycles. The van der Waals surface area contributed by atoms with Gasteiger partial charge in [-0.05, 0) is 31.0 Å². The van der Waals surface area contributed by atoms with E-state index in [9.17, 15) is 9.59 Å². The first-order valence-electron chi connectivity index (χ1n) is 6.66. The second kappa shape index (κ2) is 6.27. The molecular formula is C15H18ClNO3. The number of carbonyl (C=O) groups excluding carboxylic acids is 2. The molecule has 0 bridgehead atoms. The Labute approximate surface area is 123 Å². The van der Waals surface area contributed by atoms with E-state index in [-0.39, 0.29) is 11.8 Å². The molecule has 108 valence electrons. The van der Waals surface area contributed by atoms with Gasteiger partial charge in [0.1, 0.15) is 0 Å². The van der Waals surface area contributed by atoms with Gasteiger partial charge in [-0.25, -0.2) is 4.79 Å². The van der Waals surface area contributed by atoms with Crippen LogP contribution in [-0.4, -0.2) is 36.5 Å². The predicted octanol–water partition coefficient (Wildman–Crippen LogP) is 2.67. The summed E-state index contributed by atoms with van der Waals surface area (Å²) in [6, 6.07) is 5.25. The molecule has 1 saturated heterocycles. The van der Waals surface area contributed by atoms with Gasteiger partial charge in [-0.2, -0.15) is 0 Å². The van der Waals surface area contributed by atoms with E-state index in [4.69, 9.17) is 16.3 Å². The summed E-state index contributed by atoms with van der Waals surface area (Å²) in [6.45, 7) is 5.19. The van der Waals surface area contributed by atoms with E-state index in [0.29, 0.717) is 23.7 Å². The summed E-state index contributed by atoms with van der Waals surface area (Å²) in [5, 5.41) is 0.409. The van der Waals surface area contributed by atoms with Crippen molar-refractivity contribution in [1.82, 2.24) is 4.90 Å². The Balaban J connectivity index is 1.88. The maximum atomic E-state index is 12.0. The van der Waals surface area contributed by atoms with Crippen LogP contribution >= 0.6 is 11.6 Å². The molecule has 1 aliphatic heterocycles. The number of nitrogens with zero attached hydrogens (tertiary/aromatic N) is 1. The summed E-state index contributed by atoms with van der Waals surface area (Å²) in [7, 11) is 0. The van der Waals surface area contributed by atoms with Crippen molar-refractivity contribution in [2.45, 2.75) is 20.3 Å². The molecule has 4 nitrogen and oxygen atoms in total. The number of ether oxygens (including phenoxy) is 1. The van der Waals surface area contributed by atoms with Crippen molar-refractivity contribution in [3.8, 4) is 0 Å². The molecule has 1 atom stereocenters. The van der Waals surface area contributed by atoms with Crippen LogP contribution in [0.3, 0.4) is 0 Å². The van der Waals surface area contributed by atoms with Gasteiger partial charge in [-0.3, -0.25) is 4.79 Å². The topological polar surface area (TPSA) is 46.6 Å². The number of amides is 1. The molecule has 0 saturated carbocycles. The minimum Gasteiger partial charge on any atom is -0.462 e. The molecule has 1 fully saturated rings. The zero-order chi connectivity index (χ0) is 14.7. The summed E-state index contributed by atoms with van der Waals surface area (Å²) in [4.78, 5) is 25.0. The molecule has 1 aliphatic rings. The van der Waals surface area contributed by atoms with Crippen LogP contribution in [0.4, 0.5) is 0 Å². The van der Waals surface area contributed by atoms with E-state index < -0.39 is 5.97 Å². The maximum Gasteiger partial charge on any atom is 0.339 e. The third-order valence-electron chi connectivity index (χ3n) is 3.53. The Morgan fingerprint density at radius 1 is 1.45 bits per heavy atom. The van der Waals surface area contributed by atoms with Crippen molar-refractivity contribution in [3.63, 3.8) is 0 Å². The van der Waals surface area contributed by atoms with Crippen LogP contribution in [0.25, 0.3) is 0 Å². The van der Waals surface area contributed by atoms with Crippen LogP contribution in [0.5, 0.6) is 0 Å². The zero-order valence-corrected chi connectivity index (χ0v) is 12.4. The lowest BCUT2D eigenvalue weighted by molar-refractivity contribution is -0.127. The lowest BCUT2D eigenvalue weighted by Gasteiger charge is -2.14. The molecule has 0 radical (unpaired) electrons. The van der Waals surface area contributed by atoms with Crippen molar-refractivity contribution in [2.24, 2.45) is 5.92 Å². The van der Waals surface area contributed by atoms with Crippen LogP contribution < -0.4 is 0 Å². The summed E-state index contributed by atoms with van der Waals surface area (Å²) in [5.41, 5.74) is 1.39. The van der Waals surface area contributed by atoms with E-state index in [1.165, 1.54) is 0 Å². The molecule has 0 aromatic heterocycles. The van der Waals surface area contributed by atoms with Crippen molar-refractivity contribution in [1.29, 1.82) is 0 Å². The molecule has 0 N–H and O–H groups in total. The van der Waals surface area contributed by atoms with Gasteiger partial charge >= 0.3 is 5.97 Å². The van der Waals surface area contributed by atoms with Crippen LogP contribution in [0.2, 0.25) is 5.02 Å². The summed E-state index contributed by atoms with van der Waals surface area (Å²) in [5.74, 6) is -0.122. The summed E-state index contributed by atoms with van der Waals surface area (Å²) >= 11 is 6.03. The maximum absolute atomic E-state index is 12.0. The Hall–Kier alpha value is -1.55. The predicted molar refractivity (Wildman–Crippen MR) is 76.8 cm³/mol. The molecule has 1 aromatic rings. The van der Waals surface area contributed by atoms with Gasteiger partial charge in [0.2, 0.25) is 5.91 Å². The molecule has 5 heteroatoms. The Bertz CT molecular complexity index is 530. The minimum atomic E-state index is -0.406. The van der Waals surface area contributed by atoms with Gasteiger partial charge in [0.15, 0.2) is 0 Å². The van der Waals surface area contributed by atoms with Gasteiger partial charge in [0.25, 0.3) is 0 Å². The molecule has 2 rings (SSSR count). The molecular weight excluding hydrogens is 278 g/mol. The van der Waals surface area contributed by atoms with Gasteiger partial charge < -0.3 is 9.64 Å². The van der Waals surface area contributed by atoms with Gasteiger partial charge in [0, 0.05) is 25.9 Å². The lowest BCUT2D eigenvalue weighted by Crippen LogP contribution is -2.26. The number of halogens is 1. The number of benzene rings is 1. The first-order chi connectivity index (χ1) is 9.47. The van der Waals surface area contributed by atoms with Gasteiger partial charge in [0.05, 0.1) is 17.2 Å². The molecule has 1 heterocycles. The second-order valence-corrected chi connectivity index (χ2v) is 5.61. The number of rotatable bonds is 3. The van der Waals surface area contributed by atoms with E-state index in [1.54, 1.807) is 24.0 Å². The fourth-order valence-corrected chi connectivity index (χ4v) is 2.62. The fraction of sp³-hybridized carbons (Fsp3) is 0.467. The monoisotopic (exact) mass is 295 g/mol. The van der Waals surface area contributed by atoms with Crippen LogP contribution in [0.15, 0.2) is 18.2 Å². The third kappa shape index (κ3) is 3.51. The highest BCUT2D eigenvalue weighted by Gasteiger charge is 2.25. The molecule has 1 amide bonds. The zero-order valence-electron chi connectivity index (χ0n) is 11.7. The lowest BCUT2D eigenvalue weighted by atomic mass is 10.1. The smallest absolute Gasteiger partial charge is 0.339 e. The summed E-state index contributed by atoms with van der Waals surface area (Å²) in [6.07, 6.45) is 0.870. The number of esters is 1. The number of aryl methyl sites for hydroxylation is 1. The first-order valence-corrected chi connectivity index (χ1v) is 7.04. The first kappa shape index (κ1) is 14.9. The Morgan fingerprint density at radius 2 is 2.20 bits per heavy atom. The fourth-order valence-electron chi connectivity index (χ4n) is 2.31. The van der Waals surface area contributed by atoms with E-state index in [2.05, 4.69) is 0 Å². The molecule has 20 heavy (non-hydrogen) atoms. The number of carbonyl (C=O) groups is 2. The SMILES string of the molecule is CC(=O)N1CC[C@H](COC(=O)c2ccc(C)cc2Cl)C1. The number of hydrogen-bond acceptors (Lipinski definition) is 3. The molecule has 0 unspecified atom stereocenters. The quantitative estimate of drug-likeness (QED) is 0.806. The Kier molecular flexibility index (Phi) is 4.65. The Morgan fingerprint density at radius 3 is 2.80 bits per heavy atom.